The maximum absolute atomic E-state index is 12.5. The van der Waals surface area contributed by atoms with E-state index in [-0.39, 0.29) is 0 Å². The zero-order valence-electron chi connectivity index (χ0n) is 7.46. The number of nitriles is 1. The van der Waals surface area contributed by atoms with Crippen molar-refractivity contribution in [2.24, 2.45) is 5.73 Å². The smallest absolute Gasteiger partial charge is 0.324 e. The van der Waals surface area contributed by atoms with Crippen LogP contribution in [0.15, 0.2) is 0 Å². The summed E-state index contributed by atoms with van der Waals surface area (Å²) in [6.45, 7) is 0. The minimum Gasteiger partial charge on any atom is -0.364 e. The van der Waals surface area contributed by atoms with E-state index >= 15 is 0 Å². The Morgan fingerprint density at radius 1 is 1.57 bits per heavy atom. The summed E-state index contributed by atoms with van der Waals surface area (Å²) in [5.74, 6) is -6.26. The number of alkyl halides is 2. The lowest BCUT2D eigenvalue weighted by atomic mass is 10.1. The molecule has 0 aliphatic heterocycles. The highest BCUT2D eigenvalue weighted by molar-refractivity contribution is 5.83. The molecule has 0 heterocycles. The number of hydrogen-bond acceptors (Lipinski definition) is 3. The van der Waals surface area contributed by atoms with Crippen LogP contribution in [0, 0.1) is 11.5 Å². The Balaban J connectivity index is 4.15. The third kappa shape index (κ3) is 3.35. The first kappa shape index (κ1) is 12.3. The van der Waals surface area contributed by atoms with E-state index in [2.05, 4.69) is 5.73 Å². The highest BCUT2D eigenvalue weighted by Gasteiger charge is 2.36. The monoisotopic (exact) mass is 205 g/mol. The van der Waals surface area contributed by atoms with E-state index in [9.17, 15) is 18.4 Å². The average molecular weight is 205 g/mol. The molecule has 2 amide bonds. The van der Waals surface area contributed by atoms with Gasteiger partial charge in [0, 0.05) is 19.9 Å². The Kier molecular flexibility index (Phi) is 3.95. The lowest BCUT2D eigenvalue weighted by Crippen LogP contribution is -2.36. The maximum atomic E-state index is 12.5. The number of hydrogen-bond donors (Lipinski definition) is 1. The van der Waals surface area contributed by atoms with Gasteiger partial charge in [0.05, 0.1) is 0 Å². The summed E-state index contributed by atoms with van der Waals surface area (Å²) in [5.41, 5.74) is 4.39. The molecule has 0 saturated carbocycles. The SMILES string of the molecule is CN(C#N)C(=O)CCC(F)(F)C(N)=O. The first-order valence-electron chi connectivity index (χ1n) is 3.65. The molecule has 0 fully saturated rings. The van der Waals surface area contributed by atoms with Crippen LogP contribution in [0.3, 0.4) is 0 Å². The van der Waals surface area contributed by atoms with Gasteiger partial charge in [-0.3, -0.25) is 14.5 Å². The van der Waals surface area contributed by atoms with Gasteiger partial charge in [0.2, 0.25) is 5.91 Å². The zero-order valence-corrected chi connectivity index (χ0v) is 7.46. The summed E-state index contributed by atoms with van der Waals surface area (Å²) in [7, 11) is 1.14. The van der Waals surface area contributed by atoms with Gasteiger partial charge < -0.3 is 5.73 Å². The number of carbonyl (C=O) groups is 2. The molecule has 0 atom stereocenters. The van der Waals surface area contributed by atoms with Gasteiger partial charge >= 0.3 is 5.92 Å². The molecule has 0 aliphatic carbocycles. The van der Waals surface area contributed by atoms with Gasteiger partial charge in [-0.05, 0) is 0 Å². The van der Waals surface area contributed by atoms with Gasteiger partial charge in [0.1, 0.15) is 0 Å². The van der Waals surface area contributed by atoms with Crippen LogP contribution in [-0.2, 0) is 9.59 Å². The molecule has 14 heavy (non-hydrogen) atoms. The second-order valence-electron chi connectivity index (χ2n) is 2.62. The van der Waals surface area contributed by atoms with Crippen LogP contribution in [0.25, 0.3) is 0 Å². The lowest BCUT2D eigenvalue weighted by Gasteiger charge is -2.12. The Bertz CT molecular complexity index is 285. The van der Waals surface area contributed by atoms with E-state index in [1.54, 1.807) is 0 Å². The Labute approximate surface area is 79.1 Å². The summed E-state index contributed by atoms with van der Waals surface area (Å²) >= 11 is 0. The second-order valence-corrected chi connectivity index (χ2v) is 2.62. The standard InChI is InChI=1S/C7H9F2N3O2/c1-12(4-10)5(13)2-3-7(8,9)6(11)14/h2-3H2,1H3,(H2,11,14). The molecular weight excluding hydrogens is 196 g/mol. The fourth-order valence-electron chi connectivity index (χ4n) is 0.611. The molecule has 5 nitrogen and oxygen atoms in total. The number of nitrogens with two attached hydrogens (primary N) is 1. The van der Waals surface area contributed by atoms with Gasteiger partial charge in [0.15, 0.2) is 6.19 Å². The van der Waals surface area contributed by atoms with Crippen LogP contribution in [0.4, 0.5) is 8.78 Å². The van der Waals surface area contributed by atoms with Crippen molar-refractivity contribution in [2.75, 3.05) is 7.05 Å². The second kappa shape index (κ2) is 4.50. The fraction of sp³-hybridized carbons (Fsp3) is 0.571. The quantitative estimate of drug-likeness (QED) is 0.510. The highest BCUT2D eigenvalue weighted by Crippen LogP contribution is 2.19. The van der Waals surface area contributed by atoms with Crippen molar-refractivity contribution in [2.45, 2.75) is 18.8 Å². The van der Waals surface area contributed by atoms with E-state index in [1.165, 1.54) is 6.19 Å². The number of amides is 2. The molecule has 0 aliphatic rings. The van der Waals surface area contributed by atoms with Crippen molar-refractivity contribution in [3.05, 3.63) is 0 Å². The third-order valence-corrected chi connectivity index (χ3v) is 1.54. The van der Waals surface area contributed by atoms with Crippen LogP contribution in [0.1, 0.15) is 12.8 Å². The minimum absolute atomic E-state index is 0.597. The molecule has 0 aromatic rings. The lowest BCUT2D eigenvalue weighted by molar-refractivity contribution is -0.144. The maximum Gasteiger partial charge on any atom is 0.324 e. The normalized spacial score (nSPS) is 10.4. The van der Waals surface area contributed by atoms with Crippen molar-refractivity contribution in [1.29, 1.82) is 5.26 Å². The Morgan fingerprint density at radius 2 is 2.07 bits per heavy atom. The van der Waals surface area contributed by atoms with E-state index in [0.717, 1.165) is 7.05 Å². The van der Waals surface area contributed by atoms with E-state index in [4.69, 9.17) is 5.26 Å². The molecule has 78 valence electrons. The van der Waals surface area contributed by atoms with Crippen molar-refractivity contribution < 1.29 is 18.4 Å². The third-order valence-electron chi connectivity index (χ3n) is 1.54. The van der Waals surface area contributed by atoms with Crippen LogP contribution in [-0.4, -0.2) is 29.7 Å². The molecular formula is C7H9F2N3O2. The number of carbonyl (C=O) groups excluding carboxylic acids is 2. The molecule has 0 radical (unpaired) electrons. The molecule has 0 aromatic carbocycles. The zero-order chi connectivity index (χ0) is 11.4. The van der Waals surface area contributed by atoms with Crippen LogP contribution in [0.2, 0.25) is 0 Å². The van der Waals surface area contributed by atoms with Crippen molar-refractivity contribution in [1.82, 2.24) is 4.90 Å². The Hall–Kier alpha value is -1.71. The van der Waals surface area contributed by atoms with Crippen molar-refractivity contribution >= 4 is 11.8 Å². The van der Waals surface area contributed by atoms with Crippen molar-refractivity contribution in [3.8, 4) is 6.19 Å². The molecule has 0 aromatic heterocycles. The number of primary amides is 1. The van der Waals surface area contributed by atoms with Crippen LogP contribution in [0.5, 0.6) is 0 Å². The number of rotatable bonds is 4. The predicted octanol–water partition coefficient (Wildman–Crippen LogP) is -0.173. The molecule has 2 N–H and O–H groups in total. The topological polar surface area (TPSA) is 87.2 Å². The summed E-state index contributed by atoms with van der Waals surface area (Å²) in [4.78, 5) is 21.6. The van der Waals surface area contributed by atoms with Gasteiger partial charge in [-0.2, -0.15) is 14.0 Å². The molecule has 0 unspecified atom stereocenters. The van der Waals surface area contributed by atoms with E-state index in [0.29, 0.717) is 4.90 Å². The van der Waals surface area contributed by atoms with Gasteiger partial charge in [-0.15, -0.1) is 0 Å². The molecule has 0 bridgehead atoms. The van der Waals surface area contributed by atoms with Gasteiger partial charge in [0.25, 0.3) is 5.91 Å². The predicted molar refractivity (Wildman–Crippen MR) is 41.8 cm³/mol. The molecule has 0 spiro atoms. The first-order valence-corrected chi connectivity index (χ1v) is 3.65. The van der Waals surface area contributed by atoms with E-state index < -0.39 is 30.6 Å². The minimum atomic E-state index is -3.70. The fourth-order valence-corrected chi connectivity index (χ4v) is 0.611. The number of nitrogens with zero attached hydrogens (tertiary/aromatic N) is 2. The summed E-state index contributed by atoms with van der Waals surface area (Å²) < 4.78 is 25.1. The largest absolute Gasteiger partial charge is 0.364 e. The molecule has 0 saturated heterocycles. The van der Waals surface area contributed by atoms with E-state index in [1.807, 2.05) is 0 Å². The van der Waals surface area contributed by atoms with Crippen LogP contribution >= 0.6 is 0 Å². The molecule has 7 heteroatoms. The first-order chi connectivity index (χ1) is 6.31. The summed E-state index contributed by atoms with van der Waals surface area (Å²) in [6, 6.07) is 0. The summed E-state index contributed by atoms with van der Waals surface area (Å²) in [5, 5.41) is 8.22. The molecule has 0 rings (SSSR count). The van der Waals surface area contributed by atoms with Gasteiger partial charge in [-0.1, -0.05) is 0 Å². The average Bonchev–Trinajstić information content (AvgIpc) is 2.12. The highest BCUT2D eigenvalue weighted by atomic mass is 19.3. The number of halogens is 2. The van der Waals surface area contributed by atoms with Crippen molar-refractivity contribution in [3.63, 3.8) is 0 Å². The van der Waals surface area contributed by atoms with Crippen LogP contribution < -0.4 is 5.73 Å². The van der Waals surface area contributed by atoms with Gasteiger partial charge in [-0.25, -0.2) is 0 Å². The Morgan fingerprint density at radius 3 is 2.43 bits per heavy atom. The summed E-state index contributed by atoms with van der Waals surface area (Å²) in [6.07, 6.45) is -0.123.